The third kappa shape index (κ3) is 2.48. The first-order chi connectivity index (χ1) is 8.01. The number of hydrogen-bond donors (Lipinski definition) is 2. The monoisotopic (exact) mass is 228 g/mol. The Hall–Kier alpha value is -1.38. The second-order valence-corrected chi connectivity index (χ2v) is 4.99. The van der Waals surface area contributed by atoms with Crippen molar-refractivity contribution < 1.29 is 0 Å². The highest BCUT2D eigenvalue weighted by Gasteiger charge is 2.30. The number of rotatable bonds is 2. The average Bonchev–Trinajstić information content (AvgIpc) is 2.28. The highest BCUT2D eigenvalue weighted by molar-refractivity contribution is 5.36. The van der Waals surface area contributed by atoms with E-state index in [2.05, 4.69) is 32.0 Å². The minimum Gasteiger partial charge on any atom is -0.323 e. The first-order valence-electron chi connectivity index (χ1n) is 5.98. The minimum atomic E-state index is -0.465. The molecule has 1 aliphatic carbocycles. The second kappa shape index (κ2) is 4.47. The molecule has 0 amide bonds. The van der Waals surface area contributed by atoms with Crippen LogP contribution in [0.25, 0.3) is 0 Å². The van der Waals surface area contributed by atoms with Gasteiger partial charge in [-0.3, -0.25) is 0 Å². The summed E-state index contributed by atoms with van der Waals surface area (Å²) in [4.78, 5) is 0. The summed E-state index contributed by atoms with van der Waals surface area (Å²) in [6, 6.07) is 6.34. The Bertz CT molecular complexity index is 474. The maximum Gasteiger partial charge on any atom is 0.0573 e. The molecule has 17 heavy (non-hydrogen) atoms. The van der Waals surface area contributed by atoms with Gasteiger partial charge in [-0.2, -0.15) is 0 Å². The van der Waals surface area contributed by atoms with Gasteiger partial charge in [-0.15, -0.1) is 0 Å². The maximum absolute atomic E-state index is 6.39. The van der Waals surface area contributed by atoms with Crippen LogP contribution >= 0.6 is 0 Å². The normalized spacial score (nSPS) is 27.4. The van der Waals surface area contributed by atoms with Crippen LogP contribution in [0.1, 0.15) is 16.7 Å². The van der Waals surface area contributed by atoms with Crippen LogP contribution in [0.15, 0.2) is 42.5 Å². The van der Waals surface area contributed by atoms with Crippen LogP contribution in [0.3, 0.4) is 0 Å². The lowest BCUT2D eigenvalue weighted by atomic mass is 9.81. The van der Waals surface area contributed by atoms with Gasteiger partial charge in [0.05, 0.1) is 5.54 Å². The molecule has 2 atom stereocenters. The van der Waals surface area contributed by atoms with Gasteiger partial charge < -0.3 is 11.5 Å². The van der Waals surface area contributed by atoms with Gasteiger partial charge in [-0.25, -0.2) is 0 Å². The number of hydrogen-bond acceptors (Lipinski definition) is 2. The Morgan fingerprint density at radius 3 is 2.71 bits per heavy atom. The third-order valence-corrected chi connectivity index (χ3v) is 3.46. The van der Waals surface area contributed by atoms with E-state index in [1.807, 2.05) is 24.3 Å². The fourth-order valence-electron chi connectivity index (χ4n) is 2.21. The summed E-state index contributed by atoms with van der Waals surface area (Å²) in [5.41, 5.74) is 15.8. The topological polar surface area (TPSA) is 52.0 Å². The molecule has 1 aromatic rings. The van der Waals surface area contributed by atoms with E-state index in [9.17, 15) is 0 Å². The summed E-state index contributed by atoms with van der Waals surface area (Å²) in [6.45, 7) is 4.22. The molecule has 0 heterocycles. The summed E-state index contributed by atoms with van der Waals surface area (Å²) in [5.74, 6) is 0. The first-order valence-corrected chi connectivity index (χ1v) is 5.98. The van der Waals surface area contributed by atoms with Crippen LogP contribution in [0.2, 0.25) is 0 Å². The third-order valence-electron chi connectivity index (χ3n) is 3.46. The van der Waals surface area contributed by atoms with Gasteiger partial charge >= 0.3 is 0 Å². The van der Waals surface area contributed by atoms with E-state index >= 15 is 0 Å². The van der Waals surface area contributed by atoms with Crippen molar-refractivity contribution in [1.82, 2.24) is 0 Å². The van der Waals surface area contributed by atoms with Gasteiger partial charge in [-0.05, 0) is 31.4 Å². The van der Waals surface area contributed by atoms with Gasteiger partial charge in [-0.1, -0.05) is 48.1 Å². The molecule has 1 aromatic carbocycles. The molecule has 0 fully saturated rings. The standard InChI is InChI=1S/C15H20N2/c1-11-6-7-12(2)13(9-11)10-15(17)8-4-3-5-14(15)16/h3-9,14H,10,16-17H2,1-2H3. The molecule has 0 saturated carbocycles. The molecule has 0 spiro atoms. The number of benzene rings is 1. The molecular weight excluding hydrogens is 208 g/mol. The van der Waals surface area contributed by atoms with E-state index in [-0.39, 0.29) is 6.04 Å². The lowest BCUT2D eigenvalue weighted by Crippen LogP contribution is -2.55. The zero-order valence-corrected chi connectivity index (χ0v) is 10.5. The van der Waals surface area contributed by atoms with Crippen molar-refractivity contribution >= 4 is 0 Å². The SMILES string of the molecule is Cc1ccc(C)c(CC2(N)C=CC=CC2N)c1. The summed E-state index contributed by atoms with van der Waals surface area (Å²) in [7, 11) is 0. The average molecular weight is 228 g/mol. The van der Waals surface area contributed by atoms with Crippen LogP contribution < -0.4 is 11.5 Å². The Labute approximate surface area is 103 Å². The summed E-state index contributed by atoms with van der Waals surface area (Å²) in [5, 5.41) is 0. The molecule has 4 N–H and O–H groups in total. The van der Waals surface area contributed by atoms with Crippen molar-refractivity contribution in [1.29, 1.82) is 0 Å². The van der Waals surface area contributed by atoms with E-state index < -0.39 is 5.54 Å². The zero-order chi connectivity index (χ0) is 12.5. The van der Waals surface area contributed by atoms with Crippen molar-refractivity contribution in [2.45, 2.75) is 31.8 Å². The van der Waals surface area contributed by atoms with Gasteiger partial charge in [0.25, 0.3) is 0 Å². The molecule has 0 bridgehead atoms. The van der Waals surface area contributed by atoms with Gasteiger partial charge in [0.1, 0.15) is 0 Å². The van der Waals surface area contributed by atoms with Gasteiger partial charge in [0, 0.05) is 6.04 Å². The molecule has 2 rings (SSSR count). The van der Waals surface area contributed by atoms with Crippen LogP contribution in [0.4, 0.5) is 0 Å². The van der Waals surface area contributed by atoms with E-state index in [0.29, 0.717) is 0 Å². The Morgan fingerprint density at radius 1 is 1.24 bits per heavy atom. The molecule has 2 heteroatoms. The van der Waals surface area contributed by atoms with Gasteiger partial charge in [0.2, 0.25) is 0 Å². The fraction of sp³-hybridized carbons (Fsp3) is 0.333. The molecule has 0 saturated heterocycles. The Kier molecular flexibility index (Phi) is 3.18. The molecule has 2 nitrogen and oxygen atoms in total. The molecule has 90 valence electrons. The summed E-state index contributed by atoms with van der Waals surface area (Å²) >= 11 is 0. The minimum absolute atomic E-state index is 0.118. The Balaban J connectivity index is 2.29. The Morgan fingerprint density at radius 2 is 2.00 bits per heavy atom. The van der Waals surface area contributed by atoms with Crippen LogP contribution in [0.5, 0.6) is 0 Å². The zero-order valence-electron chi connectivity index (χ0n) is 10.5. The molecule has 0 radical (unpaired) electrons. The number of aryl methyl sites for hydroxylation is 2. The van der Waals surface area contributed by atoms with E-state index in [1.54, 1.807) is 0 Å². The fourth-order valence-corrected chi connectivity index (χ4v) is 2.21. The molecular formula is C15H20N2. The summed E-state index contributed by atoms with van der Waals surface area (Å²) in [6.07, 6.45) is 8.69. The van der Waals surface area contributed by atoms with E-state index in [4.69, 9.17) is 11.5 Å². The first kappa shape index (κ1) is 12.1. The predicted molar refractivity (Wildman–Crippen MR) is 72.8 cm³/mol. The van der Waals surface area contributed by atoms with Crippen LogP contribution in [-0.4, -0.2) is 11.6 Å². The van der Waals surface area contributed by atoms with E-state index in [0.717, 1.165) is 6.42 Å². The molecule has 1 aliphatic rings. The lowest BCUT2D eigenvalue weighted by molar-refractivity contribution is 0.465. The summed E-state index contributed by atoms with van der Waals surface area (Å²) < 4.78 is 0. The number of allylic oxidation sites excluding steroid dienone is 2. The van der Waals surface area contributed by atoms with E-state index in [1.165, 1.54) is 16.7 Å². The molecule has 0 aromatic heterocycles. The van der Waals surface area contributed by atoms with Crippen LogP contribution in [0, 0.1) is 13.8 Å². The van der Waals surface area contributed by atoms with Crippen molar-refractivity contribution in [3.8, 4) is 0 Å². The van der Waals surface area contributed by atoms with Gasteiger partial charge in [0.15, 0.2) is 0 Å². The lowest BCUT2D eigenvalue weighted by Gasteiger charge is -2.33. The second-order valence-electron chi connectivity index (χ2n) is 4.99. The van der Waals surface area contributed by atoms with Crippen molar-refractivity contribution in [3.05, 3.63) is 59.2 Å². The van der Waals surface area contributed by atoms with Crippen molar-refractivity contribution in [2.24, 2.45) is 11.5 Å². The molecule has 0 aliphatic heterocycles. The number of nitrogens with two attached hydrogens (primary N) is 2. The highest BCUT2D eigenvalue weighted by atomic mass is 14.8. The molecule has 2 unspecified atom stereocenters. The largest absolute Gasteiger partial charge is 0.323 e. The van der Waals surface area contributed by atoms with Crippen LogP contribution in [-0.2, 0) is 6.42 Å². The smallest absolute Gasteiger partial charge is 0.0573 e. The quantitative estimate of drug-likeness (QED) is 0.813. The van der Waals surface area contributed by atoms with Crippen molar-refractivity contribution in [3.63, 3.8) is 0 Å². The van der Waals surface area contributed by atoms with Crippen molar-refractivity contribution in [2.75, 3.05) is 0 Å². The predicted octanol–water partition coefficient (Wildman–Crippen LogP) is 2.00. The highest BCUT2D eigenvalue weighted by Crippen LogP contribution is 2.22. The maximum atomic E-state index is 6.39.